The quantitative estimate of drug-likeness (QED) is 0.0396. The first-order valence-electron chi connectivity index (χ1n) is 25.4. The molecule has 0 aliphatic heterocycles. The van der Waals surface area contributed by atoms with Gasteiger partial charge in [-0.1, -0.05) is 140 Å². The van der Waals surface area contributed by atoms with E-state index in [1.807, 2.05) is 140 Å². The van der Waals surface area contributed by atoms with Crippen molar-refractivity contribution in [1.82, 2.24) is 19.5 Å². The van der Waals surface area contributed by atoms with Crippen molar-refractivity contribution in [2.75, 3.05) is 0 Å². The summed E-state index contributed by atoms with van der Waals surface area (Å²) in [4.78, 5) is 70.1. The minimum atomic E-state index is -0.573. The second-order valence-corrected chi connectivity index (χ2v) is 18.1. The second kappa shape index (κ2) is 28.7. The van der Waals surface area contributed by atoms with Crippen LogP contribution in [-0.2, 0) is 57.9 Å². The molecule has 4 heterocycles. The molecule has 0 aliphatic carbocycles. The highest BCUT2D eigenvalue weighted by Crippen LogP contribution is 2.26. The van der Waals surface area contributed by atoms with Crippen LogP contribution >= 0.6 is 0 Å². The molecule has 11 rings (SSSR count). The molecule has 0 spiro atoms. The molecular formula is C65H58N8O8. The maximum atomic E-state index is 11.2. The summed E-state index contributed by atoms with van der Waals surface area (Å²) in [6.07, 6.45) is 21.7. The SMILES string of the molecule is NOC(=O)/C=C/c1ccc2[nH]cc(Cc3ccccc3)c2c1.NOC(=O)/C=C/c1ccc2c(Cc3ccccc3)c[nH]c2c1.NOC(=O)/C=C/c1cccc2[nH]ccc12.NOC(=O)/C=C/c1cccc2ccn(Cc3ccccc3)c12. The van der Waals surface area contributed by atoms with Crippen molar-refractivity contribution in [1.29, 1.82) is 0 Å². The molecule has 81 heavy (non-hydrogen) atoms. The zero-order chi connectivity index (χ0) is 56.8. The van der Waals surface area contributed by atoms with Gasteiger partial charge >= 0.3 is 23.9 Å². The summed E-state index contributed by atoms with van der Waals surface area (Å²) >= 11 is 0. The predicted octanol–water partition coefficient (Wildman–Crippen LogP) is 11.1. The normalized spacial score (nSPS) is 11.1. The molecule has 406 valence electrons. The third kappa shape index (κ3) is 16.0. The molecule has 0 aliphatic rings. The lowest BCUT2D eigenvalue weighted by atomic mass is 10.0. The Bertz CT molecular complexity index is 4000. The third-order valence-electron chi connectivity index (χ3n) is 12.8. The number of nitrogens with two attached hydrogens (primary N) is 4. The average molecular weight is 1080 g/mol. The zero-order valence-electron chi connectivity index (χ0n) is 43.8. The van der Waals surface area contributed by atoms with E-state index in [0.29, 0.717) is 0 Å². The number of aromatic amines is 3. The largest absolute Gasteiger partial charge is 0.370 e. The van der Waals surface area contributed by atoms with Crippen LogP contribution in [-0.4, -0.2) is 43.4 Å². The molecule has 11 aromatic rings. The highest BCUT2D eigenvalue weighted by atomic mass is 16.7. The van der Waals surface area contributed by atoms with Crippen LogP contribution in [0.2, 0.25) is 0 Å². The first-order chi connectivity index (χ1) is 39.6. The van der Waals surface area contributed by atoms with Crippen molar-refractivity contribution >= 4 is 91.8 Å². The maximum Gasteiger partial charge on any atom is 0.349 e. The summed E-state index contributed by atoms with van der Waals surface area (Å²) in [6, 6.07) is 58.7. The van der Waals surface area contributed by atoms with Gasteiger partial charge in [-0.05, 0) is 124 Å². The zero-order valence-corrected chi connectivity index (χ0v) is 43.8. The van der Waals surface area contributed by atoms with Crippen molar-refractivity contribution in [2.45, 2.75) is 19.4 Å². The van der Waals surface area contributed by atoms with Crippen LogP contribution in [0.15, 0.2) is 225 Å². The molecule has 0 atom stereocenters. The number of hydrogen-bond donors (Lipinski definition) is 7. The molecule has 0 radical (unpaired) electrons. The van der Waals surface area contributed by atoms with Gasteiger partial charge in [0.05, 0.1) is 5.52 Å². The lowest BCUT2D eigenvalue weighted by Crippen LogP contribution is -2.05. The van der Waals surface area contributed by atoms with Gasteiger partial charge in [0.15, 0.2) is 0 Å². The van der Waals surface area contributed by atoms with Crippen LogP contribution in [0.1, 0.15) is 50.1 Å². The van der Waals surface area contributed by atoms with Gasteiger partial charge in [-0.2, -0.15) is 23.6 Å². The number of hydrogen-bond acceptors (Lipinski definition) is 12. The van der Waals surface area contributed by atoms with E-state index >= 15 is 0 Å². The van der Waals surface area contributed by atoms with E-state index in [1.54, 1.807) is 24.3 Å². The van der Waals surface area contributed by atoms with Gasteiger partial charge in [0, 0.05) is 93.7 Å². The van der Waals surface area contributed by atoms with E-state index in [0.717, 1.165) is 79.9 Å². The summed E-state index contributed by atoms with van der Waals surface area (Å²) in [5.41, 5.74) is 14.2. The van der Waals surface area contributed by atoms with Crippen LogP contribution in [0, 0.1) is 0 Å². The molecule has 16 nitrogen and oxygen atoms in total. The number of fused-ring (bicyclic) bond motifs is 4. The second-order valence-electron chi connectivity index (χ2n) is 18.1. The van der Waals surface area contributed by atoms with Gasteiger partial charge in [-0.3, -0.25) is 0 Å². The van der Waals surface area contributed by atoms with Gasteiger partial charge in [-0.15, -0.1) is 0 Å². The van der Waals surface area contributed by atoms with Crippen LogP contribution in [0.3, 0.4) is 0 Å². The number of nitrogens with one attached hydrogen (secondary N) is 3. The minimum absolute atomic E-state index is 0.567. The number of aromatic nitrogens is 4. The lowest BCUT2D eigenvalue weighted by molar-refractivity contribution is -0.139. The monoisotopic (exact) mass is 1080 g/mol. The Morgan fingerprint density at radius 3 is 1.52 bits per heavy atom. The molecule has 11 N–H and O–H groups in total. The van der Waals surface area contributed by atoms with Gasteiger partial charge < -0.3 is 38.9 Å². The summed E-state index contributed by atoms with van der Waals surface area (Å²) in [5.74, 6) is 16.9. The fourth-order valence-corrected chi connectivity index (χ4v) is 8.92. The Labute approximate surface area is 466 Å². The number of para-hydroxylation sites is 1. The third-order valence-corrected chi connectivity index (χ3v) is 12.8. The first-order valence-corrected chi connectivity index (χ1v) is 25.4. The molecule has 0 amide bonds. The number of benzene rings is 7. The molecule has 4 aromatic heterocycles. The van der Waals surface area contributed by atoms with E-state index in [4.69, 9.17) is 23.6 Å². The number of H-pyrrole nitrogens is 3. The van der Waals surface area contributed by atoms with Gasteiger partial charge in [0.25, 0.3) is 0 Å². The van der Waals surface area contributed by atoms with Crippen molar-refractivity contribution in [3.05, 3.63) is 275 Å². The topological polar surface area (TPSA) is 262 Å². The molecular weight excluding hydrogens is 1020 g/mol. The standard InChI is InChI=1S/3C18H16N2O2.C11H10N2O2/c19-22-17(21)10-9-15-7-4-8-16-11-12-20(18(15)16)13-14-5-2-1-3-6-14;19-22-18(21)9-7-14-6-8-17-16(11-14)15(12-20-17)10-13-4-2-1-3-5-13;19-22-18(21)9-7-14-6-8-16-15(12-20-17(16)11-14)10-13-4-2-1-3-5-13;12-15-11(14)5-4-8-2-1-3-10-9(8)6-7-13-10/h1-12H,13,19H2;2*1-9,11-12,20H,10,19H2;1-7,13H,12H2/b10-9+;2*9-7+;5-4+. The average Bonchev–Trinajstić information content (AvgIpc) is 4.39. The van der Waals surface area contributed by atoms with Gasteiger partial charge in [0.1, 0.15) is 0 Å². The van der Waals surface area contributed by atoms with Gasteiger partial charge in [-0.25, -0.2) is 19.2 Å². The summed E-state index contributed by atoms with van der Waals surface area (Å²) in [6.45, 7) is 0.774. The molecule has 16 heteroatoms. The van der Waals surface area contributed by atoms with Gasteiger partial charge in [0.2, 0.25) is 0 Å². The number of rotatable bonds is 14. The number of carbonyl (C=O) groups excluding carboxylic acids is 4. The Balaban J connectivity index is 0.000000143. The summed E-state index contributed by atoms with van der Waals surface area (Å²) < 4.78 is 2.16. The Kier molecular flexibility index (Phi) is 20.0. The van der Waals surface area contributed by atoms with E-state index in [9.17, 15) is 19.2 Å². The summed E-state index contributed by atoms with van der Waals surface area (Å²) in [5, 5.41) is 4.51. The molecule has 0 saturated carbocycles. The van der Waals surface area contributed by atoms with Crippen LogP contribution < -0.4 is 23.6 Å². The van der Waals surface area contributed by atoms with Crippen molar-refractivity contribution in [3.63, 3.8) is 0 Å². The van der Waals surface area contributed by atoms with Crippen molar-refractivity contribution in [3.8, 4) is 0 Å². The Morgan fingerprint density at radius 2 is 0.914 bits per heavy atom. The van der Waals surface area contributed by atoms with Crippen LogP contribution in [0.25, 0.3) is 67.9 Å². The molecule has 0 bridgehead atoms. The van der Waals surface area contributed by atoms with E-state index in [1.165, 1.54) is 57.5 Å². The number of nitrogens with zero attached hydrogens (tertiary/aromatic N) is 1. The first kappa shape index (κ1) is 56.6. The molecule has 0 fully saturated rings. The fraction of sp³-hybridized carbons (Fsp3) is 0.0462. The molecule has 0 unspecified atom stereocenters. The van der Waals surface area contributed by atoms with Crippen LogP contribution in [0.4, 0.5) is 0 Å². The predicted molar refractivity (Wildman–Crippen MR) is 318 cm³/mol. The van der Waals surface area contributed by atoms with Crippen LogP contribution in [0.5, 0.6) is 0 Å². The highest BCUT2D eigenvalue weighted by Gasteiger charge is 2.09. The van der Waals surface area contributed by atoms with E-state index < -0.39 is 23.9 Å². The van der Waals surface area contributed by atoms with E-state index in [2.05, 4.69) is 99.7 Å². The fourth-order valence-electron chi connectivity index (χ4n) is 8.92. The lowest BCUT2D eigenvalue weighted by Gasteiger charge is -2.08. The highest BCUT2D eigenvalue weighted by molar-refractivity contribution is 5.95. The maximum absolute atomic E-state index is 11.2. The van der Waals surface area contributed by atoms with Crippen molar-refractivity contribution < 1.29 is 38.5 Å². The molecule has 7 aromatic carbocycles. The minimum Gasteiger partial charge on any atom is -0.370 e. The van der Waals surface area contributed by atoms with E-state index in [-0.39, 0.29) is 0 Å². The number of carbonyl (C=O) groups is 4. The summed E-state index contributed by atoms with van der Waals surface area (Å²) in [7, 11) is 0. The Morgan fingerprint density at radius 1 is 0.420 bits per heavy atom. The van der Waals surface area contributed by atoms with Crippen molar-refractivity contribution in [2.24, 2.45) is 23.6 Å². The Hall–Kier alpha value is -10.6. The smallest absolute Gasteiger partial charge is 0.349 e. The molecule has 0 saturated heterocycles.